The third-order valence-corrected chi connectivity index (χ3v) is 3.41. The molecule has 20 heavy (non-hydrogen) atoms. The monoisotopic (exact) mass is 288 g/mol. The molecule has 1 heterocycles. The first kappa shape index (κ1) is 14.1. The second kappa shape index (κ2) is 5.76. The Morgan fingerprint density at radius 3 is 2.65 bits per heavy atom. The number of nitrogens with one attached hydrogen (secondary N) is 1. The predicted molar refractivity (Wildman–Crippen MR) is 77.5 cm³/mol. The highest BCUT2D eigenvalue weighted by molar-refractivity contribution is 6.30. The van der Waals surface area contributed by atoms with E-state index in [9.17, 15) is 0 Å². The van der Waals surface area contributed by atoms with Crippen LogP contribution in [0, 0.1) is 25.2 Å². The molecular formula is C14H13ClN4O. The van der Waals surface area contributed by atoms with Crippen molar-refractivity contribution in [2.45, 2.75) is 13.8 Å². The topological polar surface area (TPSA) is 70.8 Å². The summed E-state index contributed by atoms with van der Waals surface area (Å²) in [5.74, 6) is 1.17. The van der Waals surface area contributed by atoms with Gasteiger partial charge in [-0.3, -0.25) is 0 Å². The van der Waals surface area contributed by atoms with Crippen molar-refractivity contribution in [3.8, 4) is 11.8 Å². The normalized spacial score (nSPS) is 9.95. The number of halogens is 1. The Labute approximate surface area is 122 Å². The van der Waals surface area contributed by atoms with Crippen LogP contribution in [0.25, 0.3) is 0 Å². The van der Waals surface area contributed by atoms with Crippen LogP contribution in [-0.2, 0) is 0 Å². The van der Waals surface area contributed by atoms with Crippen molar-refractivity contribution < 1.29 is 4.74 Å². The Bertz CT molecular complexity index is 694. The molecule has 0 spiro atoms. The molecule has 0 amide bonds. The number of benzene rings is 1. The molecule has 0 aliphatic heterocycles. The largest absolute Gasteiger partial charge is 0.495 e. The first-order valence-corrected chi connectivity index (χ1v) is 6.29. The Kier molecular flexibility index (Phi) is 4.06. The molecule has 6 heteroatoms. The number of ether oxygens (including phenoxy) is 1. The number of aromatic nitrogens is 2. The first-order valence-electron chi connectivity index (χ1n) is 5.91. The van der Waals surface area contributed by atoms with Gasteiger partial charge in [0.25, 0.3) is 0 Å². The van der Waals surface area contributed by atoms with Gasteiger partial charge in [-0.15, -0.1) is 10.2 Å². The van der Waals surface area contributed by atoms with Gasteiger partial charge in [-0.05, 0) is 37.1 Å². The molecule has 0 saturated heterocycles. The standard InChI is InChI=1S/C14H13ClN4O/c1-8-9(2)14(19-18-13(8)15)17-11-5-4-10(7-16)6-12(11)20-3/h4-6H,1-3H3,(H,17,19). The molecule has 5 nitrogen and oxygen atoms in total. The predicted octanol–water partition coefficient (Wildman–Crippen LogP) is 3.37. The minimum Gasteiger partial charge on any atom is -0.495 e. The molecule has 2 rings (SSSR count). The molecule has 0 saturated carbocycles. The van der Waals surface area contributed by atoms with Gasteiger partial charge < -0.3 is 10.1 Å². The molecule has 0 aliphatic carbocycles. The lowest BCUT2D eigenvalue weighted by Crippen LogP contribution is -2.02. The molecule has 1 aromatic carbocycles. The van der Waals surface area contributed by atoms with Crippen LogP contribution in [0.4, 0.5) is 11.5 Å². The highest BCUT2D eigenvalue weighted by atomic mass is 35.5. The van der Waals surface area contributed by atoms with E-state index in [0.29, 0.717) is 28.0 Å². The SMILES string of the molecule is COc1cc(C#N)ccc1Nc1nnc(Cl)c(C)c1C. The van der Waals surface area contributed by atoms with E-state index in [1.165, 1.54) is 0 Å². The average molecular weight is 289 g/mol. The van der Waals surface area contributed by atoms with Crippen molar-refractivity contribution >= 4 is 23.1 Å². The number of rotatable bonds is 3. The highest BCUT2D eigenvalue weighted by Gasteiger charge is 2.11. The van der Waals surface area contributed by atoms with E-state index in [-0.39, 0.29) is 0 Å². The van der Waals surface area contributed by atoms with Gasteiger partial charge in [0.1, 0.15) is 5.75 Å². The minimum absolute atomic E-state index is 0.389. The summed E-state index contributed by atoms with van der Waals surface area (Å²) in [7, 11) is 1.55. The van der Waals surface area contributed by atoms with E-state index < -0.39 is 0 Å². The van der Waals surface area contributed by atoms with Crippen LogP contribution >= 0.6 is 11.6 Å². The molecule has 0 bridgehead atoms. The third-order valence-electron chi connectivity index (χ3n) is 3.05. The van der Waals surface area contributed by atoms with Gasteiger partial charge in [0, 0.05) is 6.07 Å². The van der Waals surface area contributed by atoms with Crippen LogP contribution < -0.4 is 10.1 Å². The van der Waals surface area contributed by atoms with E-state index in [4.69, 9.17) is 21.6 Å². The number of hydrogen-bond donors (Lipinski definition) is 1. The summed E-state index contributed by atoms with van der Waals surface area (Å²) in [5.41, 5.74) is 3.03. The molecule has 0 fully saturated rings. The van der Waals surface area contributed by atoms with Gasteiger partial charge in [-0.1, -0.05) is 11.6 Å². The molecule has 1 N–H and O–H groups in total. The number of hydrogen-bond acceptors (Lipinski definition) is 5. The fourth-order valence-corrected chi connectivity index (χ4v) is 1.87. The number of methoxy groups -OCH3 is 1. The van der Waals surface area contributed by atoms with E-state index in [1.54, 1.807) is 25.3 Å². The van der Waals surface area contributed by atoms with Gasteiger partial charge >= 0.3 is 0 Å². The molecule has 1 aromatic heterocycles. The molecule has 102 valence electrons. The van der Waals surface area contributed by atoms with E-state index in [0.717, 1.165) is 11.1 Å². The van der Waals surface area contributed by atoms with Gasteiger partial charge in [0.05, 0.1) is 24.4 Å². The fraction of sp³-hybridized carbons (Fsp3) is 0.214. The van der Waals surface area contributed by atoms with Crippen LogP contribution in [0.3, 0.4) is 0 Å². The second-order valence-corrected chi connectivity index (χ2v) is 4.60. The maximum absolute atomic E-state index is 8.89. The summed E-state index contributed by atoms with van der Waals surface area (Å²) in [6, 6.07) is 7.20. The Balaban J connectivity index is 2.40. The van der Waals surface area contributed by atoms with Gasteiger partial charge in [-0.2, -0.15) is 5.26 Å². The lowest BCUT2D eigenvalue weighted by molar-refractivity contribution is 0.416. The molecule has 2 aromatic rings. The summed E-state index contributed by atoms with van der Waals surface area (Å²) in [6.45, 7) is 3.79. The van der Waals surface area contributed by atoms with Crippen LogP contribution in [0.15, 0.2) is 18.2 Å². The van der Waals surface area contributed by atoms with Gasteiger partial charge in [0.15, 0.2) is 11.0 Å². The van der Waals surface area contributed by atoms with Crippen molar-refractivity contribution in [2.75, 3.05) is 12.4 Å². The van der Waals surface area contributed by atoms with E-state index in [2.05, 4.69) is 21.6 Å². The molecule has 0 atom stereocenters. The van der Waals surface area contributed by atoms with Crippen LogP contribution in [0.5, 0.6) is 5.75 Å². The summed E-state index contributed by atoms with van der Waals surface area (Å²) >= 11 is 5.92. The molecular weight excluding hydrogens is 276 g/mol. The number of anilines is 2. The third kappa shape index (κ3) is 2.65. The summed E-state index contributed by atoms with van der Waals surface area (Å²) in [5, 5.41) is 20.3. The maximum atomic E-state index is 8.89. The lowest BCUT2D eigenvalue weighted by atomic mass is 10.1. The van der Waals surface area contributed by atoms with Crippen LogP contribution in [0.1, 0.15) is 16.7 Å². The van der Waals surface area contributed by atoms with E-state index in [1.807, 2.05) is 13.8 Å². The van der Waals surface area contributed by atoms with Crippen molar-refractivity contribution in [3.63, 3.8) is 0 Å². The van der Waals surface area contributed by atoms with Crippen molar-refractivity contribution in [2.24, 2.45) is 0 Å². The zero-order valence-electron chi connectivity index (χ0n) is 11.4. The zero-order chi connectivity index (χ0) is 14.7. The van der Waals surface area contributed by atoms with Crippen molar-refractivity contribution in [1.29, 1.82) is 5.26 Å². The van der Waals surface area contributed by atoms with Crippen LogP contribution in [0.2, 0.25) is 5.15 Å². The molecule has 0 aliphatic rings. The second-order valence-electron chi connectivity index (χ2n) is 4.24. The summed E-state index contributed by atoms with van der Waals surface area (Å²) in [4.78, 5) is 0. The number of nitriles is 1. The Morgan fingerprint density at radius 1 is 1.25 bits per heavy atom. The fourth-order valence-electron chi connectivity index (χ4n) is 1.69. The van der Waals surface area contributed by atoms with Gasteiger partial charge in [0.2, 0.25) is 0 Å². The maximum Gasteiger partial charge on any atom is 0.156 e. The van der Waals surface area contributed by atoms with Crippen molar-refractivity contribution in [3.05, 3.63) is 40.0 Å². The first-order chi connectivity index (χ1) is 9.56. The quantitative estimate of drug-likeness (QED) is 0.937. The average Bonchev–Trinajstić information content (AvgIpc) is 2.48. The highest BCUT2D eigenvalue weighted by Crippen LogP contribution is 2.30. The van der Waals surface area contributed by atoms with E-state index >= 15 is 0 Å². The van der Waals surface area contributed by atoms with Crippen molar-refractivity contribution in [1.82, 2.24) is 10.2 Å². The number of nitrogens with zero attached hydrogens (tertiary/aromatic N) is 3. The Morgan fingerprint density at radius 2 is 2.00 bits per heavy atom. The van der Waals surface area contributed by atoms with Gasteiger partial charge in [-0.25, -0.2) is 0 Å². The smallest absolute Gasteiger partial charge is 0.156 e. The Hall–Kier alpha value is -2.32. The molecule has 0 unspecified atom stereocenters. The summed E-state index contributed by atoms with van der Waals surface area (Å²) in [6.07, 6.45) is 0. The van der Waals surface area contributed by atoms with Crippen LogP contribution in [-0.4, -0.2) is 17.3 Å². The minimum atomic E-state index is 0.389. The zero-order valence-corrected chi connectivity index (χ0v) is 12.1. The lowest BCUT2D eigenvalue weighted by Gasteiger charge is -2.13. The molecule has 0 radical (unpaired) electrons. The summed E-state index contributed by atoms with van der Waals surface area (Å²) < 4.78 is 5.27.